The van der Waals surface area contributed by atoms with Crippen molar-refractivity contribution in [1.29, 1.82) is 0 Å². The molecule has 0 spiro atoms. The minimum atomic E-state index is -0.610. The van der Waals surface area contributed by atoms with Gasteiger partial charge in [-0.1, -0.05) is 0 Å². The summed E-state index contributed by atoms with van der Waals surface area (Å²) in [6.07, 6.45) is 4.13. The Kier molecular flexibility index (Phi) is 7.57. The van der Waals surface area contributed by atoms with Crippen LogP contribution in [0.3, 0.4) is 0 Å². The number of methoxy groups -OCH3 is 4. The molecule has 32 heavy (non-hydrogen) atoms. The van der Waals surface area contributed by atoms with Crippen LogP contribution >= 0.6 is 27.3 Å². The summed E-state index contributed by atoms with van der Waals surface area (Å²) in [5.74, 6) is -0.949. The first-order chi connectivity index (χ1) is 15.3. The molecule has 0 fully saturated rings. The molecule has 1 N–H and O–H groups in total. The molecule has 1 heterocycles. The van der Waals surface area contributed by atoms with Crippen LogP contribution in [0.25, 0.3) is 6.08 Å². The van der Waals surface area contributed by atoms with E-state index in [4.69, 9.17) is 18.9 Å². The minimum Gasteiger partial charge on any atom is -0.493 e. The summed E-state index contributed by atoms with van der Waals surface area (Å²) in [5, 5.41) is 3.09. The number of nitrogens with one attached hydrogen (secondary N) is 1. The Morgan fingerprint density at radius 2 is 1.88 bits per heavy atom. The number of carbonyl (C=O) groups excluding carboxylic acids is 3. The lowest BCUT2D eigenvalue weighted by atomic mass is 9.99. The van der Waals surface area contributed by atoms with Gasteiger partial charge in [-0.3, -0.25) is 9.59 Å². The molecule has 1 aromatic carbocycles. The van der Waals surface area contributed by atoms with Crippen molar-refractivity contribution in [2.45, 2.75) is 18.8 Å². The summed E-state index contributed by atoms with van der Waals surface area (Å²) in [6, 6.07) is 3.51. The number of hydrogen-bond acceptors (Lipinski definition) is 8. The van der Waals surface area contributed by atoms with Crippen molar-refractivity contribution in [3.63, 3.8) is 0 Å². The number of rotatable bonds is 7. The van der Waals surface area contributed by atoms with Gasteiger partial charge in [0.2, 0.25) is 5.91 Å². The molecular formula is C22H22BrNO7S. The Hall–Kier alpha value is -2.85. The number of ether oxygens (including phenoxy) is 4. The zero-order valence-corrected chi connectivity index (χ0v) is 20.3. The largest absolute Gasteiger partial charge is 0.493 e. The highest BCUT2D eigenvalue weighted by molar-refractivity contribution is 9.10. The van der Waals surface area contributed by atoms with E-state index in [9.17, 15) is 14.4 Å². The Labute approximate surface area is 197 Å². The summed E-state index contributed by atoms with van der Waals surface area (Å²) >= 11 is 4.68. The van der Waals surface area contributed by atoms with E-state index in [-0.39, 0.29) is 5.56 Å². The van der Waals surface area contributed by atoms with Crippen LogP contribution in [0, 0.1) is 0 Å². The summed E-state index contributed by atoms with van der Waals surface area (Å²) in [4.78, 5) is 38.1. The van der Waals surface area contributed by atoms with E-state index < -0.39 is 23.8 Å². The standard InChI is InChI=1S/C22H22BrNO7S/c1-28-14-10-11(9-13(23)19(14)29-2)5-8-16(25)24-20-18(22(27)31-4)17-12(21(26)30-3)6-7-15(17)32-20/h5,8-10,12H,6-7H2,1-4H3,(H,24,25)/b8-5+. The van der Waals surface area contributed by atoms with Gasteiger partial charge >= 0.3 is 11.9 Å². The van der Waals surface area contributed by atoms with Crippen molar-refractivity contribution < 1.29 is 33.3 Å². The van der Waals surface area contributed by atoms with E-state index in [1.165, 1.54) is 45.9 Å². The summed E-state index contributed by atoms with van der Waals surface area (Å²) in [6.45, 7) is 0. The predicted molar refractivity (Wildman–Crippen MR) is 124 cm³/mol. The number of halogens is 1. The third-order valence-corrected chi connectivity index (χ3v) is 6.80. The molecule has 1 aliphatic carbocycles. The Morgan fingerprint density at radius 3 is 2.50 bits per heavy atom. The number of aryl methyl sites for hydroxylation is 1. The maximum atomic E-state index is 12.6. The van der Waals surface area contributed by atoms with Crippen molar-refractivity contribution in [2.75, 3.05) is 33.8 Å². The lowest BCUT2D eigenvalue weighted by molar-refractivity contribution is -0.142. The zero-order valence-electron chi connectivity index (χ0n) is 17.9. The molecule has 0 radical (unpaired) electrons. The Balaban J connectivity index is 1.87. The number of benzene rings is 1. The number of thiophene rings is 1. The number of anilines is 1. The van der Waals surface area contributed by atoms with E-state index in [0.717, 1.165) is 4.88 Å². The van der Waals surface area contributed by atoms with Gasteiger partial charge in [-0.05, 0) is 58.1 Å². The first-order valence-corrected chi connectivity index (χ1v) is 11.2. The fourth-order valence-corrected chi connectivity index (χ4v) is 5.48. The number of hydrogen-bond donors (Lipinski definition) is 1. The van der Waals surface area contributed by atoms with Gasteiger partial charge in [0.15, 0.2) is 11.5 Å². The van der Waals surface area contributed by atoms with Gasteiger partial charge in [-0.25, -0.2) is 4.79 Å². The first kappa shape index (κ1) is 23.8. The van der Waals surface area contributed by atoms with Crippen LogP contribution in [0.1, 0.15) is 38.7 Å². The van der Waals surface area contributed by atoms with E-state index in [1.807, 2.05) is 0 Å². The van der Waals surface area contributed by atoms with Gasteiger partial charge < -0.3 is 24.3 Å². The molecule has 0 aliphatic heterocycles. The van der Waals surface area contributed by atoms with Crippen LogP contribution < -0.4 is 14.8 Å². The van der Waals surface area contributed by atoms with E-state index >= 15 is 0 Å². The van der Waals surface area contributed by atoms with Gasteiger partial charge in [-0.2, -0.15) is 0 Å². The molecule has 1 amide bonds. The van der Waals surface area contributed by atoms with E-state index in [2.05, 4.69) is 21.2 Å². The van der Waals surface area contributed by atoms with Crippen LogP contribution in [0.5, 0.6) is 11.5 Å². The van der Waals surface area contributed by atoms with Crippen molar-refractivity contribution in [3.8, 4) is 11.5 Å². The smallest absolute Gasteiger partial charge is 0.341 e. The molecule has 1 aliphatic rings. The second-order valence-electron chi connectivity index (χ2n) is 6.81. The van der Waals surface area contributed by atoms with Crippen LogP contribution in [-0.2, 0) is 25.5 Å². The molecule has 8 nitrogen and oxygen atoms in total. The SMILES string of the molecule is COC(=O)c1c(NC(=O)/C=C/c2cc(Br)c(OC)c(OC)c2)sc2c1C(C(=O)OC)CC2. The lowest BCUT2D eigenvalue weighted by Crippen LogP contribution is -2.16. The Morgan fingerprint density at radius 1 is 1.12 bits per heavy atom. The molecule has 0 saturated heterocycles. The molecule has 0 bridgehead atoms. The van der Waals surface area contributed by atoms with Crippen molar-refractivity contribution >= 4 is 56.2 Å². The number of fused-ring (bicyclic) bond motifs is 1. The average molecular weight is 524 g/mol. The van der Waals surface area contributed by atoms with Crippen LogP contribution in [0.2, 0.25) is 0 Å². The van der Waals surface area contributed by atoms with E-state index in [0.29, 0.717) is 44.9 Å². The number of carbonyl (C=O) groups is 3. The average Bonchev–Trinajstić information content (AvgIpc) is 3.34. The molecule has 1 unspecified atom stereocenters. The van der Waals surface area contributed by atoms with Gasteiger partial charge in [0.1, 0.15) is 5.00 Å². The molecule has 170 valence electrons. The number of esters is 2. The van der Waals surface area contributed by atoms with Gasteiger partial charge in [0.25, 0.3) is 0 Å². The van der Waals surface area contributed by atoms with Crippen molar-refractivity contribution in [2.24, 2.45) is 0 Å². The minimum absolute atomic E-state index is 0.205. The molecule has 10 heteroatoms. The monoisotopic (exact) mass is 523 g/mol. The molecular weight excluding hydrogens is 502 g/mol. The highest BCUT2D eigenvalue weighted by Gasteiger charge is 2.38. The summed E-state index contributed by atoms with van der Waals surface area (Å²) in [7, 11) is 5.63. The van der Waals surface area contributed by atoms with Gasteiger partial charge in [0.05, 0.1) is 44.4 Å². The molecule has 2 aromatic rings. The van der Waals surface area contributed by atoms with Crippen molar-refractivity contribution in [1.82, 2.24) is 0 Å². The lowest BCUT2D eigenvalue weighted by Gasteiger charge is -2.11. The highest BCUT2D eigenvalue weighted by Crippen LogP contribution is 2.46. The maximum Gasteiger partial charge on any atom is 0.341 e. The third kappa shape index (κ3) is 4.66. The topological polar surface area (TPSA) is 100 Å². The molecule has 0 saturated carbocycles. The van der Waals surface area contributed by atoms with E-state index in [1.54, 1.807) is 18.2 Å². The normalized spacial score (nSPS) is 14.7. The van der Waals surface area contributed by atoms with Crippen LogP contribution in [-0.4, -0.2) is 46.3 Å². The molecule has 1 atom stereocenters. The van der Waals surface area contributed by atoms with Gasteiger partial charge in [0, 0.05) is 11.0 Å². The van der Waals surface area contributed by atoms with Crippen LogP contribution in [0.15, 0.2) is 22.7 Å². The first-order valence-electron chi connectivity index (χ1n) is 9.56. The van der Waals surface area contributed by atoms with Crippen LogP contribution in [0.4, 0.5) is 5.00 Å². The Bertz CT molecular complexity index is 1090. The fraction of sp³-hybridized carbons (Fsp3) is 0.318. The van der Waals surface area contributed by atoms with Gasteiger partial charge in [-0.15, -0.1) is 11.3 Å². The molecule has 1 aromatic heterocycles. The van der Waals surface area contributed by atoms with Crippen molar-refractivity contribution in [3.05, 3.63) is 44.2 Å². The number of amides is 1. The summed E-state index contributed by atoms with van der Waals surface area (Å²) < 4.78 is 21.1. The predicted octanol–water partition coefficient (Wildman–Crippen LogP) is 4.17. The zero-order chi connectivity index (χ0) is 23.4. The summed E-state index contributed by atoms with van der Waals surface area (Å²) in [5.41, 5.74) is 1.49. The fourth-order valence-electron chi connectivity index (χ4n) is 3.60. The highest BCUT2D eigenvalue weighted by atomic mass is 79.9. The second kappa shape index (κ2) is 10.2. The quantitative estimate of drug-likeness (QED) is 0.429. The maximum absolute atomic E-state index is 12.6. The second-order valence-corrected chi connectivity index (χ2v) is 8.77. The molecule has 3 rings (SSSR count). The third-order valence-electron chi connectivity index (χ3n) is 5.03.